The summed E-state index contributed by atoms with van der Waals surface area (Å²) in [4.78, 5) is 33.6. The monoisotopic (exact) mass is 443 g/mol. The van der Waals surface area contributed by atoms with Crippen LogP contribution in [0.1, 0.15) is 37.7 Å². The smallest absolute Gasteiger partial charge is 0.407 e. The van der Waals surface area contributed by atoms with Crippen LogP contribution in [0.5, 0.6) is 5.88 Å². The SMILES string of the molecule is Cc1nc(OCCNC(=O)OC(C)(C)C)c([N+](=O)[O-])c(N2CCc3ccccc3CC2)n1. The third-order valence-corrected chi connectivity index (χ3v) is 4.86. The molecule has 0 atom stereocenters. The van der Waals surface area contributed by atoms with Crippen molar-refractivity contribution in [2.24, 2.45) is 0 Å². The van der Waals surface area contributed by atoms with Crippen molar-refractivity contribution in [3.8, 4) is 5.88 Å². The fourth-order valence-corrected chi connectivity index (χ4v) is 3.50. The van der Waals surface area contributed by atoms with Crippen molar-refractivity contribution in [2.45, 2.75) is 46.1 Å². The maximum Gasteiger partial charge on any atom is 0.407 e. The number of amides is 1. The lowest BCUT2D eigenvalue weighted by atomic mass is 10.0. The second-order valence-electron chi connectivity index (χ2n) is 8.54. The van der Waals surface area contributed by atoms with Crippen molar-refractivity contribution in [1.29, 1.82) is 0 Å². The molecule has 1 aliphatic heterocycles. The topological polar surface area (TPSA) is 120 Å². The lowest BCUT2D eigenvalue weighted by molar-refractivity contribution is -0.385. The van der Waals surface area contributed by atoms with Gasteiger partial charge in [-0.05, 0) is 51.7 Å². The summed E-state index contributed by atoms with van der Waals surface area (Å²) in [6.07, 6.45) is 0.956. The number of fused-ring (bicyclic) bond motifs is 1. The Morgan fingerprint density at radius 2 is 1.81 bits per heavy atom. The first-order valence-electron chi connectivity index (χ1n) is 10.6. The van der Waals surface area contributed by atoms with Crippen LogP contribution < -0.4 is 15.0 Å². The molecule has 0 saturated heterocycles. The fourth-order valence-electron chi connectivity index (χ4n) is 3.50. The molecular formula is C22H29N5O5. The van der Waals surface area contributed by atoms with E-state index < -0.39 is 16.6 Å². The molecule has 1 aliphatic rings. The number of alkyl carbamates (subject to hydrolysis) is 1. The summed E-state index contributed by atoms with van der Waals surface area (Å²) in [5.41, 5.74) is 1.61. The molecule has 172 valence electrons. The molecule has 0 radical (unpaired) electrons. The van der Waals surface area contributed by atoms with E-state index in [2.05, 4.69) is 27.4 Å². The maximum atomic E-state index is 11.9. The van der Waals surface area contributed by atoms with Crippen LogP contribution >= 0.6 is 0 Å². The average molecular weight is 444 g/mol. The molecule has 0 spiro atoms. The van der Waals surface area contributed by atoms with E-state index in [0.717, 1.165) is 12.8 Å². The third kappa shape index (κ3) is 6.05. The van der Waals surface area contributed by atoms with Gasteiger partial charge in [0.1, 0.15) is 18.0 Å². The number of benzene rings is 1. The molecule has 2 heterocycles. The van der Waals surface area contributed by atoms with Crippen LogP contribution in [0.4, 0.5) is 16.3 Å². The molecule has 0 fully saturated rings. The summed E-state index contributed by atoms with van der Waals surface area (Å²) in [6.45, 7) is 8.29. The molecule has 2 aromatic rings. The van der Waals surface area contributed by atoms with Crippen LogP contribution in [-0.4, -0.2) is 52.8 Å². The summed E-state index contributed by atoms with van der Waals surface area (Å²) < 4.78 is 10.8. The lowest BCUT2D eigenvalue weighted by Crippen LogP contribution is -2.34. The molecule has 10 heteroatoms. The van der Waals surface area contributed by atoms with Crippen LogP contribution in [0.15, 0.2) is 24.3 Å². The van der Waals surface area contributed by atoms with E-state index in [0.29, 0.717) is 18.9 Å². The van der Waals surface area contributed by atoms with Gasteiger partial charge in [-0.1, -0.05) is 24.3 Å². The van der Waals surface area contributed by atoms with Gasteiger partial charge >= 0.3 is 11.8 Å². The quantitative estimate of drug-likeness (QED) is 0.411. The first-order valence-corrected chi connectivity index (χ1v) is 10.6. The molecule has 3 rings (SSSR count). The summed E-state index contributed by atoms with van der Waals surface area (Å²) in [7, 11) is 0. The molecule has 10 nitrogen and oxygen atoms in total. The van der Waals surface area contributed by atoms with Gasteiger partial charge in [-0.3, -0.25) is 10.1 Å². The lowest BCUT2D eigenvalue weighted by Gasteiger charge is -2.22. The Labute approximate surface area is 187 Å². The Kier molecular flexibility index (Phi) is 7.12. The number of aryl methyl sites for hydroxylation is 1. The van der Waals surface area contributed by atoms with Crippen molar-refractivity contribution in [3.05, 3.63) is 51.3 Å². The molecule has 0 unspecified atom stereocenters. The number of ether oxygens (including phenoxy) is 2. The van der Waals surface area contributed by atoms with E-state index in [9.17, 15) is 14.9 Å². The summed E-state index contributed by atoms with van der Waals surface area (Å²) >= 11 is 0. The summed E-state index contributed by atoms with van der Waals surface area (Å²) in [6, 6.07) is 8.18. The second-order valence-corrected chi connectivity index (χ2v) is 8.54. The number of carbonyl (C=O) groups excluding carboxylic acids is 1. The highest BCUT2D eigenvalue weighted by Gasteiger charge is 2.30. The Morgan fingerprint density at radius 3 is 2.38 bits per heavy atom. The van der Waals surface area contributed by atoms with Crippen molar-refractivity contribution in [3.63, 3.8) is 0 Å². The molecule has 0 bridgehead atoms. The van der Waals surface area contributed by atoms with Gasteiger partial charge in [0.25, 0.3) is 5.88 Å². The van der Waals surface area contributed by atoms with Gasteiger partial charge in [0.05, 0.1) is 11.5 Å². The minimum Gasteiger partial charge on any atom is -0.471 e. The highest BCUT2D eigenvalue weighted by molar-refractivity contribution is 5.67. The molecule has 0 aliphatic carbocycles. The Bertz CT molecular complexity index is 962. The van der Waals surface area contributed by atoms with Crippen LogP contribution in [0.2, 0.25) is 0 Å². The number of aromatic nitrogens is 2. The van der Waals surface area contributed by atoms with Crippen molar-refractivity contribution in [1.82, 2.24) is 15.3 Å². The van der Waals surface area contributed by atoms with Crippen LogP contribution in [0, 0.1) is 17.0 Å². The number of nitrogens with one attached hydrogen (secondary N) is 1. The number of carbonyl (C=O) groups is 1. The molecule has 1 amide bonds. The predicted octanol–water partition coefficient (Wildman–Crippen LogP) is 3.20. The molecule has 1 aromatic carbocycles. The molecule has 0 saturated carbocycles. The van der Waals surface area contributed by atoms with E-state index in [-0.39, 0.29) is 30.5 Å². The minimum absolute atomic E-state index is 0.00141. The number of anilines is 1. The number of nitro groups is 1. The zero-order valence-corrected chi connectivity index (χ0v) is 18.9. The van der Waals surface area contributed by atoms with Crippen LogP contribution in [-0.2, 0) is 17.6 Å². The molecular weight excluding hydrogens is 414 g/mol. The average Bonchev–Trinajstić information content (AvgIpc) is 2.92. The fraction of sp³-hybridized carbons (Fsp3) is 0.500. The predicted molar refractivity (Wildman–Crippen MR) is 119 cm³/mol. The first kappa shape index (κ1) is 23.2. The summed E-state index contributed by atoms with van der Waals surface area (Å²) in [5.74, 6) is 0.526. The highest BCUT2D eigenvalue weighted by atomic mass is 16.6. The normalized spacial score (nSPS) is 13.7. The maximum absolute atomic E-state index is 11.9. The third-order valence-electron chi connectivity index (χ3n) is 4.86. The van der Waals surface area contributed by atoms with E-state index in [4.69, 9.17) is 9.47 Å². The Morgan fingerprint density at radius 1 is 1.19 bits per heavy atom. The van der Waals surface area contributed by atoms with E-state index >= 15 is 0 Å². The van der Waals surface area contributed by atoms with Gasteiger partial charge in [0, 0.05) is 13.1 Å². The molecule has 1 aromatic heterocycles. The first-order chi connectivity index (χ1) is 15.1. The van der Waals surface area contributed by atoms with Gasteiger partial charge in [0.15, 0.2) is 0 Å². The number of nitrogens with zero attached hydrogens (tertiary/aromatic N) is 4. The van der Waals surface area contributed by atoms with Crippen molar-refractivity contribution >= 4 is 17.6 Å². The molecule has 1 N–H and O–H groups in total. The Hall–Kier alpha value is -3.43. The minimum atomic E-state index is -0.616. The van der Waals surface area contributed by atoms with Crippen LogP contribution in [0.25, 0.3) is 0 Å². The van der Waals surface area contributed by atoms with Crippen LogP contribution in [0.3, 0.4) is 0 Å². The zero-order valence-electron chi connectivity index (χ0n) is 18.9. The van der Waals surface area contributed by atoms with Gasteiger partial charge in [-0.25, -0.2) is 9.78 Å². The van der Waals surface area contributed by atoms with Gasteiger partial charge in [0.2, 0.25) is 5.82 Å². The van der Waals surface area contributed by atoms with Crippen molar-refractivity contribution in [2.75, 3.05) is 31.1 Å². The zero-order chi connectivity index (χ0) is 23.3. The largest absolute Gasteiger partial charge is 0.471 e. The van der Waals surface area contributed by atoms with Gasteiger partial charge < -0.3 is 19.7 Å². The van der Waals surface area contributed by atoms with Gasteiger partial charge in [-0.15, -0.1) is 0 Å². The number of hydrogen-bond acceptors (Lipinski definition) is 8. The second kappa shape index (κ2) is 9.80. The summed E-state index contributed by atoms with van der Waals surface area (Å²) in [5, 5.41) is 14.5. The van der Waals surface area contributed by atoms with E-state index in [1.54, 1.807) is 27.7 Å². The standard InChI is InChI=1S/C22H29N5O5/c1-15-24-19(26-12-9-16-7-5-6-8-17(16)10-13-26)18(27(29)30)20(25-15)31-14-11-23-21(28)32-22(2,3)4/h5-8H,9-14H2,1-4H3,(H,23,28). The van der Waals surface area contributed by atoms with E-state index in [1.807, 2.05) is 17.0 Å². The van der Waals surface area contributed by atoms with Crippen molar-refractivity contribution < 1.29 is 19.2 Å². The number of rotatable bonds is 6. The van der Waals surface area contributed by atoms with Gasteiger partial charge in [-0.2, -0.15) is 4.98 Å². The van der Waals surface area contributed by atoms with E-state index in [1.165, 1.54) is 11.1 Å². The number of hydrogen-bond donors (Lipinski definition) is 1. The Balaban J connectivity index is 1.73. The highest BCUT2D eigenvalue weighted by Crippen LogP contribution is 2.35. The molecule has 32 heavy (non-hydrogen) atoms.